The molecule has 0 saturated heterocycles. The smallest absolute Gasteiger partial charge is 0.354 e. The number of hydrogen-bond acceptors (Lipinski definition) is 4. The Balaban J connectivity index is 0.000000173. The summed E-state index contributed by atoms with van der Waals surface area (Å²) in [5.74, 6) is -0.995. The predicted octanol–water partition coefficient (Wildman–Crippen LogP) is 2.62. The summed E-state index contributed by atoms with van der Waals surface area (Å²) < 4.78 is 0. The van der Waals surface area contributed by atoms with E-state index in [4.69, 9.17) is 5.11 Å². The van der Waals surface area contributed by atoms with Crippen molar-refractivity contribution in [3.05, 3.63) is 54.5 Å². The van der Waals surface area contributed by atoms with E-state index in [-0.39, 0.29) is 5.69 Å². The number of carbonyl (C=O) groups is 1. The van der Waals surface area contributed by atoms with Crippen molar-refractivity contribution in [2.45, 2.75) is 6.92 Å². The molecule has 21 heavy (non-hydrogen) atoms. The molecule has 3 rings (SSSR count). The number of carboxylic acids is 1. The van der Waals surface area contributed by atoms with Gasteiger partial charge in [-0.05, 0) is 19.1 Å². The number of benzene rings is 1. The highest BCUT2D eigenvalue weighted by Gasteiger charge is 2.04. The summed E-state index contributed by atoms with van der Waals surface area (Å²) in [5.41, 5.74) is 0.793. The Morgan fingerprint density at radius 2 is 2.00 bits per heavy atom. The van der Waals surface area contributed by atoms with E-state index in [2.05, 4.69) is 41.2 Å². The molecular weight excluding hydrogens is 266 g/mol. The molecule has 1 aliphatic rings. The van der Waals surface area contributed by atoms with Gasteiger partial charge < -0.3 is 14.9 Å². The summed E-state index contributed by atoms with van der Waals surface area (Å²) >= 11 is 0. The molecule has 1 aliphatic heterocycles. The van der Waals surface area contributed by atoms with Crippen LogP contribution in [0.2, 0.25) is 0 Å². The van der Waals surface area contributed by atoms with Gasteiger partial charge in [0.05, 0.1) is 12.2 Å². The first-order valence-electron chi connectivity index (χ1n) is 6.82. The van der Waals surface area contributed by atoms with Crippen LogP contribution in [0.4, 0.5) is 0 Å². The molecule has 5 nitrogen and oxygen atoms in total. The van der Waals surface area contributed by atoms with Crippen molar-refractivity contribution in [1.82, 2.24) is 14.8 Å². The van der Waals surface area contributed by atoms with Crippen molar-refractivity contribution >= 4 is 16.9 Å². The van der Waals surface area contributed by atoms with E-state index in [0.717, 1.165) is 18.6 Å². The molecule has 1 aromatic heterocycles. The Bertz CT molecular complexity index is 655. The highest BCUT2D eigenvalue weighted by atomic mass is 16.4. The van der Waals surface area contributed by atoms with E-state index >= 15 is 0 Å². The average Bonchev–Trinajstić information content (AvgIpc) is 2.93. The Morgan fingerprint density at radius 1 is 1.24 bits per heavy atom. The second-order valence-corrected chi connectivity index (χ2v) is 4.80. The van der Waals surface area contributed by atoms with Crippen LogP contribution in [0, 0.1) is 0 Å². The van der Waals surface area contributed by atoms with Crippen LogP contribution < -0.4 is 0 Å². The lowest BCUT2D eigenvalue weighted by Crippen LogP contribution is -2.21. The molecule has 0 fully saturated rings. The molecule has 0 radical (unpaired) electrons. The van der Waals surface area contributed by atoms with E-state index in [0.29, 0.717) is 5.52 Å². The number of fused-ring (bicyclic) bond motifs is 1. The van der Waals surface area contributed by atoms with E-state index in [1.807, 2.05) is 18.2 Å². The van der Waals surface area contributed by atoms with Gasteiger partial charge in [-0.2, -0.15) is 0 Å². The second kappa shape index (κ2) is 6.74. The zero-order valence-electron chi connectivity index (χ0n) is 12.2. The van der Waals surface area contributed by atoms with Gasteiger partial charge in [-0.1, -0.05) is 24.3 Å². The lowest BCUT2D eigenvalue weighted by Gasteiger charge is -2.14. The number of hydrogen-bond donors (Lipinski definition) is 1. The molecule has 1 N–H and O–H groups in total. The summed E-state index contributed by atoms with van der Waals surface area (Å²) in [5, 5.41) is 9.63. The number of aromatic carboxylic acids is 1. The fraction of sp³-hybridized carbons (Fsp3) is 0.250. The highest BCUT2D eigenvalue weighted by molar-refractivity contribution is 5.89. The van der Waals surface area contributed by atoms with Crippen molar-refractivity contribution in [1.29, 1.82) is 0 Å². The van der Waals surface area contributed by atoms with Crippen LogP contribution in [0.3, 0.4) is 0 Å². The molecule has 5 heteroatoms. The monoisotopic (exact) mass is 285 g/mol. The molecular formula is C16H19N3O2. The van der Waals surface area contributed by atoms with Gasteiger partial charge in [0.15, 0.2) is 0 Å². The minimum atomic E-state index is -0.995. The first kappa shape index (κ1) is 14.8. The van der Waals surface area contributed by atoms with Crippen LogP contribution in [0.5, 0.6) is 0 Å². The average molecular weight is 285 g/mol. The summed E-state index contributed by atoms with van der Waals surface area (Å²) in [6.45, 7) is 4.32. The molecule has 0 saturated carbocycles. The summed E-state index contributed by atoms with van der Waals surface area (Å²) in [4.78, 5) is 19.0. The quantitative estimate of drug-likeness (QED) is 0.919. The van der Waals surface area contributed by atoms with Gasteiger partial charge in [0.25, 0.3) is 0 Å². The van der Waals surface area contributed by atoms with Crippen molar-refractivity contribution in [3.8, 4) is 0 Å². The first-order chi connectivity index (χ1) is 10.1. The third kappa shape index (κ3) is 3.95. The van der Waals surface area contributed by atoms with Gasteiger partial charge in [-0.15, -0.1) is 0 Å². The maximum Gasteiger partial charge on any atom is 0.354 e. The van der Waals surface area contributed by atoms with Crippen molar-refractivity contribution < 1.29 is 9.90 Å². The molecule has 0 bridgehead atoms. The molecule has 0 atom stereocenters. The van der Waals surface area contributed by atoms with Gasteiger partial charge in [0.2, 0.25) is 0 Å². The second-order valence-electron chi connectivity index (χ2n) is 4.80. The fourth-order valence-electron chi connectivity index (χ4n) is 1.98. The zero-order valence-corrected chi connectivity index (χ0v) is 12.2. The Labute approximate surface area is 124 Å². The lowest BCUT2D eigenvalue weighted by molar-refractivity contribution is 0.0691. The highest BCUT2D eigenvalue weighted by Crippen LogP contribution is 2.11. The number of rotatable bonds is 2. The Kier molecular flexibility index (Phi) is 4.77. The van der Waals surface area contributed by atoms with Gasteiger partial charge in [-0.25, -0.2) is 9.78 Å². The third-order valence-corrected chi connectivity index (χ3v) is 3.16. The van der Waals surface area contributed by atoms with E-state index in [9.17, 15) is 4.79 Å². The molecule has 2 heterocycles. The van der Waals surface area contributed by atoms with Gasteiger partial charge in [0.1, 0.15) is 5.69 Å². The Morgan fingerprint density at radius 3 is 2.57 bits per heavy atom. The number of para-hydroxylation sites is 1. The van der Waals surface area contributed by atoms with Crippen LogP contribution >= 0.6 is 0 Å². The zero-order chi connectivity index (χ0) is 15.2. The molecule has 1 aromatic carbocycles. The van der Waals surface area contributed by atoms with Crippen LogP contribution in [0.25, 0.3) is 10.9 Å². The summed E-state index contributed by atoms with van der Waals surface area (Å²) in [7, 11) is 2.08. The van der Waals surface area contributed by atoms with E-state index in [1.165, 1.54) is 6.07 Å². The predicted molar refractivity (Wildman–Crippen MR) is 82.9 cm³/mol. The van der Waals surface area contributed by atoms with Crippen molar-refractivity contribution in [2.75, 3.05) is 20.3 Å². The fourth-order valence-corrected chi connectivity index (χ4v) is 1.98. The lowest BCUT2D eigenvalue weighted by atomic mass is 10.2. The summed E-state index contributed by atoms with van der Waals surface area (Å²) in [6.07, 6.45) is 4.20. The van der Waals surface area contributed by atoms with Crippen molar-refractivity contribution in [3.63, 3.8) is 0 Å². The maximum atomic E-state index is 10.6. The van der Waals surface area contributed by atoms with Gasteiger partial charge >= 0.3 is 5.97 Å². The molecule has 0 aliphatic carbocycles. The van der Waals surface area contributed by atoms with Crippen LogP contribution in [0.15, 0.2) is 48.8 Å². The Hall–Kier alpha value is -2.56. The largest absolute Gasteiger partial charge is 0.477 e. The molecule has 2 aromatic rings. The van der Waals surface area contributed by atoms with Crippen LogP contribution in [-0.2, 0) is 0 Å². The molecule has 0 unspecified atom stereocenters. The first-order valence-corrected chi connectivity index (χ1v) is 6.82. The van der Waals surface area contributed by atoms with Gasteiger partial charge in [-0.3, -0.25) is 0 Å². The topological polar surface area (TPSA) is 56.7 Å². The number of aromatic nitrogens is 1. The van der Waals surface area contributed by atoms with Crippen molar-refractivity contribution in [2.24, 2.45) is 0 Å². The maximum absolute atomic E-state index is 10.6. The SMILES string of the molecule is CCN1C=CN(C)C1.O=C(O)c1ccc2ccccc2n1. The number of pyridine rings is 1. The summed E-state index contributed by atoms with van der Waals surface area (Å²) in [6, 6.07) is 10.7. The molecule has 0 amide bonds. The van der Waals surface area contributed by atoms with E-state index < -0.39 is 5.97 Å². The molecule has 110 valence electrons. The minimum Gasteiger partial charge on any atom is -0.477 e. The minimum absolute atomic E-state index is 0.0821. The van der Waals surface area contributed by atoms with Crippen LogP contribution in [-0.4, -0.2) is 46.1 Å². The third-order valence-electron chi connectivity index (χ3n) is 3.16. The standard InChI is InChI=1S/C10H7NO2.C6H12N2/c12-10(13)9-6-5-7-3-1-2-4-8(7)11-9;1-3-8-5-4-7(2)6-8/h1-6H,(H,12,13);4-5H,3,6H2,1-2H3. The van der Waals surface area contributed by atoms with Gasteiger partial charge in [0, 0.05) is 31.4 Å². The number of carboxylic acid groups (broad SMARTS) is 1. The van der Waals surface area contributed by atoms with Crippen LogP contribution in [0.1, 0.15) is 17.4 Å². The number of nitrogens with zero attached hydrogens (tertiary/aromatic N) is 3. The molecule has 0 spiro atoms. The normalized spacial score (nSPS) is 13.2. The van der Waals surface area contributed by atoms with E-state index in [1.54, 1.807) is 12.1 Å².